The van der Waals surface area contributed by atoms with Crippen LogP contribution in [0.15, 0.2) is 30.3 Å². The van der Waals surface area contributed by atoms with E-state index in [1.807, 2.05) is 6.07 Å². The molecule has 0 amide bonds. The van der Waals surface area contributed by atoms with E-state index < -0.39 is 0 Å². The highest BCUT2D eigenvalue weighted by molar-refractivity contribution is 5.82. The normalized spacial score (nSPS) is 30.6. The van der Waals surface area contributed by atoms with Gasteiger partial charge in [-0.3, -0.25) is 9.69 Å². The van der Waals surface area contributed by atoms with E-state index in [-0.39, 0.29) is 11.5 Å². The van der Waals surface area contributed by atoms with E-state index in [4.69, 9.17) is 4.74 Å². The number of ether oxygens (including phenoxy) is 1. The SMILES string of the molecule is COC(=O)C12CCC(CC1)N2Cc1ccccc1. The van der Waals surface area contributed by atoms with Crippen LogP contribution in [0, 0.1) is 0 Å². The molecule has 96 valence electrons. The van der Waals surface area contributed by atoms with Crippen LogP contribution in [0.1, 0.15) is 31.2 Å². The van der Waals surface area contributed by atoms with Gasteiger partial charge in [-0.25, -0.2) is 0 Å². The fraction of sp³-hybridized carbons (Fsp3) is 0.533. The van der Waals surface area contributed by atoms with Crippen molar-refractivity contribution in [3.63, 3.8) is 0 Å². The molecule has 0 unspecified atom stereocenters. The average Bonchev–Trinajstić information content (AvgIpc) is 2.95. The lowest BCUT2D eigenvalue weighted by molar-refractivity contribution is -0.152. The zero-order valence-corrected chi connectivity index (χ0v) is 10.8. The van der Waals surface area contributed by atoms with Gasteiger partial charge in [-0.05, 0) is 31.2 Å². The van der Waals surface area contributed by atoms with E-state index in [0.29, 0.717) is 6.04 Å². The van der Waals surface area contributed by atoms with Crippen LogP contribution in [0.5, 0.6) is 0 Å². The Morgan fingerprint density at radius 1 is 1.33 bits per heavy atom. The van der Waals surface area contributed by atoms with Crippen molar-refractivity contribution in [2.75, 3.05) is 7.11 Å². The van der Waals surface area contributed by atoms with E-state index in [9.17, 15) is 4.79 Å². The molecule has 2 saturated heterocycles. The third-order valence-corrected chi connectivity index (χ3v) is 4.53. The Hall–Kier alpha value is -1.35. The fourth-order valence-corrected chi connectivity index (χ4v) is 3.60. The Morgan fingerprint density at radius 3 is 2.61 bits per heavy atom. The van der Waals surface area contributed by atoms with Gasteiger partial charge in [-0.15, -0.1) is 0 Å². The Bertz CT molecular complexity index is 435. The van der Waals surface area contributed by atoms with Gasteiger partial charge >= 0.3 is 5.97 Å². The lowest BCUT2D eigenvalue weighted by Crippen LogP contribution is -2.48. The van der Waals surface area contributed by atoms with Crippen LogP contribution in [-0.4, -0.2) is 29.6 Å². The molecule has 2 aliphatic rings. The molecule has 0 N–H and O–H groups in total. The number of fused-ring (bicyclic) bond motifs is 2. The van der Waals surface area contributed by atoms with E-state index in [1.54, 1.807) is 0 Å². The molecule has 1 aromatic carbocycles. The maximum atomic E-state index is 12.1. The largest absolute Gasteiger partial charge is 0.468 e. The number of nitrogens with zero attached hydrogens (tertiary/aromatic N) is 1. The summed E-state index contributed by atoms with van der Waals surface area (Å²) in [5.74, 6) is -0.0431. The molecule has 1 aromatic rings. The number of hydrogen-bond acceptors (Lipinski definition) is 3. The van der Waals surface area contributed by atoms with Gasteiger partial charge in [0.2, 0.25) is 0 Å². The summed E-state index contributed by atoms with van der Waals surface area (Å²) in [5, 5.41) is 0. The van der Waals surface area contributed by atoms with Crippen LogP contribution in [0.2, 0.25) is 0 Å². The summed E-state index contributed by atoms with van der Waals surface area (Å²) in [6.07, 6.45) is 4.16. The minimum absolute atomic E-state index is 0.0431. The number of esters is 1. The second-order valence-corrected chi connectivity index (χ2v) is 5.37. The number of carbonyl (C=O) groups is 1. The molecule has 2 aliphatic heterocycles. The molecule has 2 heterocycles. The highest BCUT2D eigenvalue weighted by Crippen LogP contribution is 2.47. The van der Waals surface area contributed by atoms with Crippen molar-refractivity contribution in [1.29, 1.82) is 0 Å². The second kappa shape index (κ2) is 4.39. The molecule has 18 heavy (non-hydrogen) atoms. The second-order valence-electron chi connectivity index (χ2n) is 5.37. The summed E-state index contributed by atoms with van der Waals surface area (Å²) in [6, 6.07) is 10.9. The standard InChI is InChI=1S/C15H19NO2/c1-18-14(17)15-9-7-13(8-10-15)16(15)11-12-5-3-2-4-6-12/h2-6,13H,7-11H2,1H3. The molecule has 0 saturated carbocycles. The molecule has 0 aliphatic carbocycles. The topological polar surface area (TPSA) is 29.5 Å². The first-order chi connectivity index (χ1) is 8.76. The van der Waals surface area contributed by atoms with Crippen molar-refractivity contribution in [3.05, 3.63) is 35.9 Å². The third-order valence-electron chi connectivity index (χ3n) is 4.53. The maximum absolute atomic E-state index is 12.1. The minimum Gasteiger partial charge on any atom is -0.468 e. The zero-order chi connectivity index (χ0) is 12.6. The van der Waals surface area contributed by atoms with Crippen LogP contribution >= 0.6 is 0 Å². The van der Waals surface area contributed by atoms with E-state index in [2.05, 4.69) is 29.2 Å². The molecule has 0 aromatic heterocycles. The van der Waals surface area contributed by atoms with Crippen molar-refractivity contribution in [3.8, 4) is 0 Å². The minimum atomic E-state index is -0.338. The van der Waals surface area contributed by atoms with Crippen molar-refractivity contribution >= 4 is 5.97 Å². The van der Waals surface area contributed by atoms with Gasteiger partial charge in [0.05, 0.1) is 7.11 Å². The number of benzene rings is 1. The molecule has 2 fully saturated rings. The molecule has 3 rings (SSSR count). The summed E-state index contributed by atoms with van der Waals surface area (Å²) in [5.41, 5.74) is 0.939. The van der Waals surface area contributed by atoms with Crippen molar-refractivity contribution in [2.45, 2.75) is 43.8 Å². The van der Waals surface area contributed by atoms with Crippen molar-refractivity contribution in [2.24, 2.45) is 0 Å². The highest BCUT2D eigenvalue weighted by Gasteiger charge is 2.56. The number of carbonyl (C=O) groups excluding carboxylic acids is 1. The first-order valence-corrected chi connectivity index (χ1v) is 6.65. The lowest BCUT2D eigenvalue weighted by atomic mass is 9.88. The summed E-state index contributed by atoms with van der Waals surface area (Å²) in [6.45, 7) is 0.862. The monoisotopic (exact) mass is 245 g/mol. The van der Waals surface area contributed by atoms with Crippen LogP contribution in [0.25, 0.3) is 0 Å². The predicted molar refractivity (Wildman–Crippen MR) is 69.0 cm³/mol. The quantitative estimate of drug-likeness (QED) is 0.766. The smallest absolute Gasteiger partial charge is 0.326 e. The molecule has 3 nitrogen and oxygen atoms in total. The first-order valence-electron chi connectivity index (χ1n) is 6.65. The van der Waals surface area contributed by atoms with E-state index in [0.717, 1.165) is 32.2 Å². The third kappa shape index (κ3) is 1.65. The molecular formula is C15H19NO2. The predicted octanol–water partition coefficient (Wildman–Crippen LogP) is 2.36. The van der Waals surface area contributed by atoms with Crippen molar-refractivity contribution in [1.82, 2.24) is 4.90 Å². The fourth-order valence-electron chi connectivity index (χ4n) is 3.60. The van der Waals surface area contributed by atoms with Gasteiger partial charge in [0.15, 0.2) is 0 Å². The summed E-state index contributed by atoms with van der Waals surface area (Å²) in [4.78, 5) is 14.5. The van der Waals surface area contributed by atoms with Gasteiger partial charge in [0.25, 0.3) is 0 Å². The average molecular weight is 245 g/mol. The molecule has 0 atom stereocenters. The highest BCUT2D eigenvalue weighted by atomic mass is 16.5. The number of hydrogen-bond donors (Lipinski definition) is 0. The van der Waals surface area contributed by atoms with Gasteiger partial charge in [-0.2, -0.15) is 0 Å². The van der Waals surface area contributed by atoms with E-state index >= 15 is 0 Å². The Kier molecular flexibility index (Phi) is 2.86. The van der Waals surface area contributed by atoms with Crippen LogP contribution in [0.4, 0.5) is 0 Å². The molecular weight excluding hydrogens is 226 g/mol. The van der Waals surface area contributed by atoms with Crippen LogP contribution < -0.4 is 0 Å². The van der Waals surface area contributed by atoms with Crippen molar-refractivity contribution < 1.29 is 9.53 Å². The molecule has 0 spiro atoms. The number of rotatable bonds is 3. The van der Waals surface area contributed by atoms with Gasteiger partial charge < -0.3 is 4.74 Å². The molecule has 2 bridgehead atoms. The lowest BCUT2D eigenvalue weighted by Gasteiger charge is -2.32. The van der Waals surface area contributed by atoms with Crippen LogP contribution in [0.3, 0.4) is 0 Å². The summed E-state index contributed by atoms with van der Waals surface area (Å²) < 4.78 is 5.04. The zero-order valence-electron chi connectivity index (χ0n) is 10.8. The maximum Gasteiger partial charge on any atom is 0.326 e. The Balaban J connectivity index is 1.85. The Morgan fingerprint density at radius 2 is 2.00 bits per heavy atom. The van der Waals surface area contributed by atoms with E-state index in [1.165, 1.54) is 12.7 Å². The first kappa shape index (κ1) is 11.7. The van der Waals surface area contributed by atoms with Gasteiger partial charge in [0, 0.05) is 12.6 Å². The molecule has 3 heteroatoms. The Labute approximate surface area is 108 Å². The summed E-state index contributed by atoms with van der Waals surface area (Å²) in [7, 11) is 1.50. The summed E-state index contributed by atoms with van der Waals surface area (Å²) >= 11 is 0. The van der Waals surface area contributed by atoms with Gasteiger partial charge in [0.1, 0.15) is 5.54 Å². The van der Waals surface area contributed by atoms with Gasteiger partial charge in [-0.1, -0.05) is 30.3 Å². The molecule has 0 radical (unpaired) electrons. The van der Waals surface area contributed by atoms with Crippen LogP contribution in [-0.2, 0) is 16.1 Å². The number of methoxy groups -OCH3 is 1.